The summed E-state index contributed by atoms with van der Waals surface area (Å²) in [6.07, 6.45) is 3.04. The summed E-state index contributed by atoms with van der Waals surface area (Å²) in [4.78, 5) is 32.6. The average Bonchev–Trinajstić information content (AvgIpc) is 2.57. The lowest BCUT2D eigenvalue weighted by atomic mass is 10.2. The van der Waals surface area contributed by atoms with Crippen LogP contribution >= 0.6 is 0 Å². The molecule has 0 saturated heterocycles. The quantitative estimate of drug-likeness (QED) is 0.793. The highest BCUT2D eigenvalue weighted by molar-refractivity contribution is 5.93. The number of hydrogen-bond donors (Lipinski definition) is 1. The van der Waals surface area contributed by atoms with E-state index in [-0.39, 0.29) is 11.5 Å². The predicted molar refractivity (Wildman–Crippen MR) is 87.3 cm³/mol. The van der Waals surface area contributed by atoms with Crippen LogP contribution in [0, 0.1) is 6.92 Å². The summed E-state index contributed by atoms with van der Waals surface area (Å²) < 4.78 is 1.50. The Morgan fingerprint density at radius 1 is 1.17 bits per heavy atom. The van der Waals surface area contributed by atoms with Crippen molar-refractivity contribution in [3.8, 4) is 0 Å². The molecule has 0 bridgehead atoms. The second-order valence-corrected chi connectivity index (χ2v) is 5.20. The maximum atomic E-state index is 12.3. The van der Waals surface area contributed by atoms with Crippen molar-refractivity contribution in [3.05, 3.63) is 70.5 Å². The molecule has 3 aromatic rings. The minimum absolute atomic E-state index is 0.109. The zero-order chi connectivity index (χ0) is 16.2. The van der Waals surface area contributed by atoms with Crippen molar-refractivity contribution in [2.45, 2.75) is 13.5 Å². The van der Waals surface area contributed by atoms with Crippen molar-refractivity contribution in [2.24, 2.45) is 0 Å². The van der Waals surface area contributed by atoms with E-state index in [2.05, 4.69) is 15.3 Å². The highest BCUT2D eigenvalue weighted by Crippen LogP contribution is 2.04. The van der Waals surface area contributed by atoms with Gasteiger partial charge in [-0.05, 0) is 31.2 Å². The van der Waals surface area contributed by atoms with Crippen molar-refractivity contribution in [3.63, 3.8) is 0 Å². The van der Waals surface area contributed by atoms with Crippen LogP contribution in [0.4, 0.5) is 0 Å². The van der Waals surface area contributed by atoms with Gasteiger partial charge in [0, 0.05) is 25.0 Å². The van der Waals surface area contributed by atoms with E-state index < -0.39 is 0 Å². The van der Waals surface area contributed by atoms with Crippen molar-refractivity contribution in [1.82, 2.24) is 19.9 Å². The predicted octanol–water partition coefficient (Wildman–Crippen LogP) is 1.53. The standard InChI is InChI=1S/C17H16N4O2/c1-12-6-7-13(10-19-12)16(22)18-8-9-21-11-20-15-5-3-2-4-14(15)17(21)23/h2-7,10-11H,8-9H2,1H3,(H,18,22). The van der Waals surface area contributed by atoms with Crippen LogP contribution in [0.3, 0.4) is 0 Å². The summed E-state index contributed by atoms with van der Waals surface area (Å²) in [5, 5.41) is 3.35. The highest BCUT2D eigenvalue weighted by Gasteiger charge is 2.06. The number of nitrogens with zero attached hydrogens (tertiary/aromatic N) is 3. The number of benzene rings is 1. The Morgan fingerprint density at radius 2 is 2.00 bits per heavy atom. The second kappa shape index (κ2) is 6.39. The SMILES string of the molecule is Cc1ccc(C(=O)NCCn2cnc3ccccc3c2=O)cn1. The number of para-hydroxylation sites is 1. The number of nitrogens with one attached hydrogen (secondary N) is 1. The van der Waals surface area contributed by atoms with Gasteiger partial charge in [0.05, 0.1) is 22.8 Å². The number of aryl methyl sites for hydroxylation is 1. The molecule has 0 aliphatic rings. The molecule has 1 amide bonds. The molecule has 2 aromatic heterocycles. The second-order valence-electron chi connectivity index (χ2n) is 5.20. The van der Waals surface area contributed by atoms with E-state index in [9.17, 15) is 9.59 Å². The fourth-order valence-corrected chi connectivity index (χ4v) is 2.26. The molecule has 0 spiro atoms. The summed E-state index contributed by atoms with van der Waals surface area (Å²) in [6.45, 7) is 2.56. The smallest absolute Gasteiger partial charge is 0.261 e. The van der Waals surface area contributed by atoms with Gasteiger partial charge in [0.2, 0.25) is 0 Å². The van der Waals surface area contributed by atoms with E-state index in [0.717, 1.165) is 5.69 Å². The van der Waals surface area contributed by atoms with Crippen LogP contribution in [0.15, 0.2) is 53.7 Å². The number of amides is 1. The van der Waals surface area contributed by atoms with Crippen molar-refractivity contribution < 1.29 is 4.79 Å². The van der Waals surface area contributed by atoms with Crippen LogP contribution in [-0.4, -0.2) is 27.0 Å². The molecule has 6 nitrogen and oxygen atoms in total. The molecule has 0 aliphatic heterocycles. The number of hydrogen-bond acceptors (Lipinski definition) is 4. The zero-order valence-electron chi connectivity index (χ0n) is 12.7. The van der Waals surface area contributed by atoms with Crippen LogP contribution in [0.2, 0.25) is 0 Å². The normalized spacial score (nSPS) is 10.7. The van der Waals surface area contributed by atoms with Crippen LogP contribution in [0.25, 0.3) is 10.9 Å². The first kappa shape index (κ1) is 14.9. The molecule has 2 heterocycles. The van der Waals surface area contributed by atoms with Gasteiger partial charge in [-0.25, -0.2) is 4.98 Å². The number of pyridine rings is 1. The number of carbonyl (C=O) groups is 1. The molecule has 0 atom stereocenters. The van der Waals surface area contributed by atoms with Crippen LogP contribution in [0.5, 0.6) is 0 Å². The van der Waals surface area contributed by atoms with Crippen LogP contribution in [0.1, 0.15) is 16.1 Å². The first-order chi connectivity index (χ1) is 11.1. The monoisotopic (exact) mass is 308 g/mol. The fraction of sp³-hybridized carbons (Fsp3) is 0.176. The van der Waals surface area contributed by atoms with Gasteiger partial charge in [-0.2, -0.15) is 0 Å². The first-order valence-electron chi connectivity index (χ1n) is 7.30. The Kier molecular flexibility index (Phi) is 4.14. The van der Waals surface area contributed by atoms with Crippen LogP contribution < -0.4 is 10.9 Å². The molecule has 0 saturated carbocycles. The maximum absolute atomic E-state index is 12.3. The Labute approximate surface area is 132 Å². The van der Waals surface area contributed by atoms with E-state index in [1.807, 2.05) is 19.1 Å². The van der Waals surface area contributed by atoms with Gasteiger partial charge in [0.15, 0.2) is 0 Å². The lowest BCUT2D eigenvalue weighted by Crippen LogP contribution is -2.31. The molecule has 6 heteroatoms. The molecular formula is C17H16N4O2. The molecule has 1 N–H and O–H groups in total. The summed E-state index contributed by atoms with van der Waals surface area (Å²) in [7, 11) is 0. The average molecular weight is 308 g/mol. The third kappa shape index (κ3) is 3.26. The number of rotatable bonds is 4. The Bertz CT molecular complexity index is 900. The maximum Gasteiger partial charge on any atom is 0.261 e. The first-order valence-corrected chi connectivity index (χ1v) is 7.30. The van der Waals surface area contributed by atoms with Crippen molar-refractivity contribution in [1.29, 1.82) is 0 Å². The molecule has 0 unspecified atom stereocenters. The third-order valence-electron chi connectivity index (χ3n) is 3.54. The summed E-state index contributed by atoms with van der Waals surface area (Å²) >= 11 is 0. The minimum atomic E-state index is -0.209. The van der Waals surface area contributed by atoms with E-state index in [1.54, 1.807) is 24.3 Å². The minimum Gasteiger partial charge on any atom is -0.350 e. The molecule has 0 fully saturated rings. The van der Waals surface area contributed by atoms with Crippen molar-refractivity contribution in [2.75, 3.05) is 6.54 Å². The number of aromatic nitrogens is 3. The van der Waals surface area contributed by atoms with Crippen LogP contribution in [-0.2, 0) is 6.54 Å². The topological polar surface area (TPSA) is 76.9 Å². The molecule has 1 aromatic carbocycles. The molecule has 0 aliphatic carbocycles. The number of carbonyl (C=O) groups excluding carboxylic acids is 1. The molecule has 3 rings (SSSR count). The van der Waals surface area contributed by atoms with E-state index in [1.165, 1.54) is 17.1 Å². The van der Waals surface area contributed by atoms with Gasteiger partial charge in [-0.3, -0.25) is 19.1 Å². The third-order valence-corrected chi connectivity index (χ3v) is 3.54. The largest absolute Gasteiger partial charge is 0.350 e. The van der Waals surface area contributed by atoms with Gasteiger partial charge in [0.1, 0.15) is 0 Å². The molecule has 0 radical (unpaired) electrons. The van der Waals surface area contributed by atoms with Crippen molar-refractivity contribution >= 4 is 16.8 Å². The van der Waals surface area contributed by atoms with Gasteiger partial charge in [0.25, 0.3) is 11.5 Å². The Morgan fingerprint density at radius 3 is 2.78 bits per heavy atom. The highest BCUT2D eigenvalue weighted by atomic mass is 16.1. The summed E-state index contributed by atoms with van der Waals surface area (Å²) in [5.74, 6) is -0.209. The summed E-state index contributed by atoms with van der Waals surface area (Å²) in [6, 6.07) is 10.7. The van der Waals surface area contributed by atoms with E-state index in [4.69, 9.17) is 0 Å². The van der Waals surface area contributed by atoms with Gasteiger partial charge in [-0.15, -0.1) is 0 Å². The number of fused-ring (bicyclic) bond motifs is 1. The molecule has 116 valence electrons. The Balaban J connectivity index is 1.67. The lowest BCUT2D eigenvalue weighted by Gasteiger charge is -2.08. The van der Waals surface area contributed by atoms with E-state index in [0.29, 0.717) is 29.6 Å². The van der Waals surface area contributed by atoms with E-state index >= 15 is 0 Å². The zero-order valence-corrected chi connectivity index (χ0v) is 12.7. The fourth-order valence-electron chi connectivity index (χ4n) is 2.26. The molecule has 23 heavy (non-hydrogen) atoms. The lowest BCUT2D eigenvalue weighted by molar-refractivity contribution is 0.0952. The molecular weight excluding hydrogens is 292 g/mol. The Hall–Kier alpha value is -3.02. The van der Waals surface area contributed by atoms with Gasteiger partial charge < -0.3 is 5.32 Å². The van der Waals surface area contributed by atoms with Gasteiger partial charge in [-0.1, -0.05) is 12.1 Å². The van der Waals surface area contributed by atoms with Gasteiger partial charge >= 0.3 is 0 Å². The summed E-state index contributed by atoms with van der Waals surface area (Å²) in [5.41, 5.74) is 1.92.